The Hall–Kier alpha value is -0.680. The Bertz CT molecular complexity index is 569. The number of aryl methyl sites for hydroxylation is 1. The summed E-state index contributed by atoms with van der Waals surface area (Å²) in [7, 11) is 0. The number of anilines is 1. The minimum atomic E-state index is 0.800. The molecule has 1 aliphatic rings. The second kappa shape index (κ2) is 5.75. The molecule has 1 atom stereocenters. The summed E-state index contributed by atoms with van der Waals surface area (Å²) in [6.07, 6.45) is 5.33. The van der Waals surface area contributed by atoms with Crippen molar-refractivity contribution in [2.45, 2.75) is 26.2 Å². The van der Waals surface area contributed by atoms with E-state index < -0.39 is 0 Å². The fraction of sp³-hybridized carbons (Fsp3) is 0.571. The van der Waals surface area contributed by atoms with Crippen molar-refractivity contribution in [1.82, 2.24) is 9.97 Å². The van der Waals surface area contributed by atoms with Gasteiger partial charge in [-0.25, -0.2) is 9.97 Å². The van der Waals surface area contributed by atoms with E-state index in [4.69, 9.17) is 0 Å². The zero-order chi connectivity index (χ0) is 13.2. The van der Waals surface area contributed by atoms with Crippen LogP contribution in [0.1, 0.15) is 24.6 Å². The normalized spacial score (nSPS) is 19.5. The first-order chi connectivity index (χ1) is 9.31. The number of hydrogen-bond acceptors (Lipinski definition) is 4. The quantitative estimate of drug-likeness (QED) is 0.792. The van der Waals surface area contributed by atoms with Crippen LogP contribution in [0.3, 0.4) is 0 Å². The Morgan fingerprint density at radius 1 is 1.47 bits per heavy atom. The number of hydrogen-bond donors (Lipinski definition) is 0. The monoisotopic (exact) mass is 339 g/mol. The molecule has 1 unspecified atom stereocenters. The van der Waals surface area contributed by atoms with E-state index in [0.29, 0.717) is 0 Å². The summed E-state index contributed by atoms with van der Waals surface area (Å²) in [5, 5.41) is 2.34. The lowest BCUT2D eigenvalue weighted by Crippen LogP contribution is -2.21. The van der Waals surface area contributed by atoms with Crippen LogP contribution in [0.15, 0.2) is 12.4 Å². The average Bonchev–Trinajstić information content (AvgIpc) is 3.04. The van der Waals surface area contributed by atoms with Crippen molar-refractivity contribution in [3.8, 4) is 0 Å². The molecular weight excluding hydrogens is 322 g/mol. The lowest BCUT2D eigenvalue weighted by Gasteiger charge is -2.17. The fourth-order valence-electron chi connectivity index (χ4n) is 2.73. The number of alkyl halides is 1. The van der Waals surface area contributed by atoms with E-state index in [0.717, 1.165) is 41.4 Å². The van der Waals surface area contributed by atoms with Crippen molar-refractivity contribution in [3.63, 3.8) is 0 Å². The molecule has 0 aromatic carbocycles. The number of fused-ring (bicyclic) bond motifs is 1. The molecule has 0 N–H and O–H groups in total. The van der Waals surface area contributed by atoms with Crippen molar-refractivity contribution in [2.75, 3.05) is 23.3 Å². The van der Waals surface area contributed by atoms with Crippen LogP contribution < -0.4 is 4.90 Å². The van der Waals surface area contributed by atoms with Crippen molar-refractivity contribution < 1.29 is 0 Å². The van der Waals surface area contributed by atoms with E-state index in [2.05, 4.69) is 43.8 Å². The van der Waals surface area contributed by atoms with Crippen LogP contribution in [0.5, 0.6) is 0 Å². The molecule has 3 heterocycles. The summed E-state index contributed by atoms with van der Waals surface area (Å²) in [5.74, 6) is 1.94. The molecule has 1 saturated heterocycles. The van der Waals surface area contributed by atoms with Crippen molar-refractivity contribution >= 4 is 43.3 Å². The van der Waals surface area contributed by atoms with Gasteiger partial charge in [-0.3, -0.25) is 0 Å². The molecule has 102 valence electrons. The van der Waals surface area contributed by atoms with Crippen LogP contribution in [-0.4, -0.2) is 28.4 Å². The fourth-order valence-corrected chi connectivity index (χ4v) is 4.31. The Labute approximate surface area is 126 Å². The van der Waals surface area contributed by atoms with Crippen molar-refractivity contribution in [2.24, 2.45) is 5.92 Å². The number of aromatic nitrogens is 2. The molecule has 2 aromatic rings. The predicted molar refractivity (Wildman–Crippen MR) is 85.5 cm³/mol. The summed E-state index contributed by atoms with van der Waals surface area (Å²) >= 11 is 5.34. The third-order valence-corrected chi connectivity index (χ3v) is 5.46. The maximum Gasteiger partial charge on any atom is 0.140 e. The van der Waals surface area contributed by atoms with Crippen LogP contribution >= 0.6 is 27.3 Å². The van der Waals surface area contributed by atoms with Gasteiger partial charge in [0, 0.05) is 23.3 Å². The molecule has 0 radical (unpaired) electrons. The van der Waals surface area contributed by atoms with Crippen LogP contribution in [0.2, 0.25) is 0 Å². The molecule has 3 rings (SSSR count). The summed E-state index contributed by atoms with van der Waals surface area (Å²) in [6.45, 7) is 4.45. The second-order valence-corrected chi connectivity index (χ2v) is 6.97. The largest absolute Gasteiger partial charge is 0.356 e. The van der Waals surface area contributed by atoms with Crippen LogP contribution in [0.25, 0.3) is 10.2 Å². The first kappa shape index (κ1) is 13.3. The Morgan fingerprint density at radius 2 is 2.37 bits per heavy atom. The third kappa shape index (κ3) is 2.63. The van der Waals surface area contributed by atoms with Gasteiger partial charge in [0.05, 0.1) is 5.39 Å². The summed E-state index contributed by atoms with van der Waals surface area (Å²) in [6, 6.07) is 2.27. The van der Waals surface area contributed by atoms with Gasteiger partial charge in [0.1, 0.15) is 17.0 Å². The molecule has 0 bridgehead atoms. The maximum atomic E-state index is 4.54. The predicted octanol–water partition coefficient (Wildman–Crippen LogP) is 3.87. The van der Waals surface area contributed by atoms with Gasteiger partial charge in [-0.05, 0) is 31.2 Å². The zero-order valence-electron chi connectivity index (χ0n) is 11.1. The molecule has 1 fully saturated rings. The number of thiophene rings is 1. The standard InChI is InChI=1S/C14H18BrN3S/c1-2-11-7-12-13(16-9-17-14(12)19-11)18-6-4-10(8-18)3-5-15/h7,9-10H,2-6,8H2,1H3. The maximum absolute atomic E-state index is 4.54. The first-order valence-corrected chi connectivity index (χ1v) is 8.80. The lowest BCUT2D eigenvalue weighted by atomic mass is 10.1. The molecular formula is C14H18BrN3S. The molecule has 5 heteroatoms. The van der Waals surface area contributed by atoms with Gasteiger partial charge in [-0.1, -0.05) is 22.9 Å². The van der Waals surface area contributed by atoms with Gasteiger partial charge >= 0.3 is 0 Å². The number of halogens is 1. The molecule has 2 aromatic heterocycles. The number of rotatable bonds is 4. The van der Waals surface area contributed by atoms with E-state index in [-0.39, 0.29) is 0 Å². The van der Waals surface area contributed by atoms with Gasteiger partial charge < -0.3 is 4.90 Å². The van der Waals surface area contributed by atoms with Crippen LogP contribution in [-0.2, 0) is 6.42 Å². The highest BCUT2D eigenvalue weighted by atomic mass is 79.9. The highest BCUT2D eigenvalue weighted by molar-refractivity contribution is 9.09. The molecule has 1 aliphatic heterocycles. The smallest absolute Gasteiger partial charge is 0.140 e. The Kier molecular flexibility index (Phi) is 4.03. The zero-order valence-corrected chi connectivity index (χ0v) is 13.5. The SMILES string of the molecule is CCc1cc2c(N3CCC(CCBr)C3)ncnc2s1. The minimum absolute atomic E-state index is 0.800. The van der Waals surface area contributed by atoms with Gasteiger partial charge in [0.15, 0.2) is 0 Å². The molecule has 0 saturated carbocycles. The lowest BCUT2D eigenvalue weighted by molar-refractivity contribution is 0.575. The summed E-state index contributed by atoms with van der Waals surface area (Å²) < 4.78 is 0. The Balaban J connectivity index is 1.90. The van der Waals surface area contributed by atoms with E-state index in [1.165, 1.54) is 23.1 Å². The average molecular weight is 340 g/mol. The Morgan fingerprint density at radius 3 is 3.16 bits per heavy atom. The van der Waals surface area contributed by atoms with Crippen molar-refractivity contribution in [3.05, 3.63) is 17.3 Å². The topological polar surface area (TPSA) is 29.0 Å². The molecule has 0 spiro atoms. The molecule has 3 nitrogen and oxygen atoms in total. The van der Waals surface area contributed by atoms with Gasteiger partial charge in [0.2, 0.25) is 0 Å². The highest BCUT2D eigenvalue weighted by Gasteiger charge is 2.24. The molecule has 19 heavy (non-hydrogen) atoms. The van der Waals surface area contributed by atoms with E-state index in [1.54, 1.807) is 17.7 Å². The van der Waals surface area contributed by atoms with Crippen LogP contribution in [0, 0.1) is 5.92 Å². The molecule has 0 aliphatic carbocycles. The van der Waals surface area contributed by atoms with Gasteiger partial charge in [-0.15, -0.1) is 11.3 Å². The van der Waals surface area contributed by atoms with Crippen molar-refractivity contribution in [1.29, 1.82) is 0 Å². The summed E-state index contributed by atoms with van der Waals surface area (Å²) in [4.78, 5) is 13.9. The van der Waals surface area contributed by atoms with E-state index >= 15 is 0 Å². The van der Waals surface area contributed by atoms with E-state index in [1.807, 2.05) is 0 Å². The first-order valence-electron chi connectivity index (χ1n) is 6.86. The van der Waals surface area contributed by atoms with Gasteiger partial charge in [0.25, 0.3) is 0 Å². The minimum Gasteiger partial charge on any atom is -0.356 e. The summed E-state index contributed by atoms with van der Waals surface area (Å²) in [5.41, 5.74) is 0. The van der Waals surface area contributed by atoms with E-state index in [9.17, 15) is 0 Å². The third-order valence-electron chi connectivity index (χ3n) is 3.81. The second-order valence-electron chi connectivity index (χ2n) is 5.06. The highest BCUT2D eigenvalue weighted by Crippen LogP contribution is 2.33. The molecule has 0 amide bonds. The van der Waals surface area contributed by atoms with Crippen LogP contribution in [0.4, 0.5) is 5.82 Å². The van der Waals surface area contributed by atoms with Gasteiger partial charge in [-0.2, -0.15) is 0 Å². The number of nitrogens with zero attached hydrogens (tertiary/aromatic N) is 3.